The van der Waals surface area contributed by atoms with Crippen molar-refractivity contribution in [3.63, 3.8) is 0 Å². The lowest BCUT2D eigenvalue weighted by molar-refractivity contribution is 0.276. The number of nitrogens with zero attached hydrogens (tertiary/aromatic N) is 5. The smallest absolute Gasteiger partial charge is 0.281 e. The Balaban J connectivity index is 2.15. The van der Waals surface area contributed by atoms with E-state index in [4.69, 9.17) is 0 Å². The van der Waals surface area contributed by atoms with Crippen LogP contribution in [0.3, 0.4) is 0 Å². The normalized spacial score (nSPS) is 20.6. The molecule has 0 N–H and O–H groups in total. The number of hydrogen-bond donors (Lipinski definition) is 0. The van der Waals surface area contributed by atoms with Gasteiger partial charge >= 0.3 is 0 Å². The van der Waals surface area contributed by atoms with E-state index in [1.807, 2.05) is 25.5 Å². The summed E-state index contributed by atoms with van der Waals surface area (Å²) in [5.41, 5.74) is 0. The van der Waals surface area contributed by atoms with Crippen LogP contribution in [0.15, 0.2) is 6.33 Å². The Morgan fingerprint density at radius 1 is 1.32 bits per heavy atom. The minimum Gasteiger partial charge on any atom is -0.320 e. The fourth-order valence-electron chi connectivity index (χ4n) is 3.03. The number of aromatic nitrogens is 3. The minimum atomic E-state index is -3.38. The van der Waals surface area contributed by atoms with E-state index < -0.39 is 10.2 Å². The molecule has 8 heteroatoms. The van der Waals surface area contributed by atoms with Gasteiger partial charge in [-0.1, -0.05) is 13.8 Å². The topological polar surface area (TPSA) is 71.3 Å². The highest BCUT2D eigenvalue weighted by atomic mass is 32.2. The Kier molecular flexibility index (Phi) is 5.94. The summed E-state index contributed by atoms with van der Waals surface area (Å²) in [5.74, 6) is 0.999. The molecule has 1 aliphatic rings. The summed E-state index contributed by atoms with van der Waals surface area (Å²) in [4.78, 5) is 0. The number of hydrogen-bond acceptors (Lipinski definition) is 4. The third kappa shape index (κ3) is 3.67. The van der Waals surface area contributed by atoms with Gasteiger partial charge in [0.15, 0.2) is 0 Å². The average molecular weight is 329 g/mol. The maximum Gasteiger partial charge on any atom is 0.281 e. The Labute approximate surface area is 133 Å². The van der Waals surface area contributed by atoms with Crippen molar-refractivity contribution in [2.45, 2.75) is 45.4 Å². The van der Waals surface area contributed by atoms with Crippen molar-refractivity contribution in [1.82, 2.24) is 23.4 Å². The van der Waals surface area contributed by atoms with E-state index in [0.717, 1.165) is 31.5 Å². The van der Waals surface area contributed by atoms with Crippen LogP contribution in [0.2, 0.25) is 0 Å². The van der Waals surface area contributed by atoms with Crippen LogP contribution < -0.4 is 0 Å². The predicted octanol–water partition coefficient (Wildman–Crippen LogP) is 1.36. The molecule has 0 aromatic carbocycles. The van der Waals surface area contributed by atoms with Gasteiger partial charge in [-0.15, -0.1) is 10.2 Å². The van der Waals surface area contributed by atoms with Gasteiger partial charge in [-0.25, -0.2) is 0 Å². The molecule has 1 atom stereocenters. The van der Waals surface area contributed by atoms with Crippen LogP contribution in [0.4, 0.5) is 0 Å². The fourth-order valence-corrected chi connectivity index (χ4v) is 4.91. The second-order valence-corrected chi connectivity index (χ2v) is 7.83. The Bertz CT molecular complexity index is 566. The summed E-state index contributed by atoms with van der Waals surface area (Å²) >= 11 is 0. The van der Waals surface area contributed by atoms with E-state index in [0.29, 0.717) is 26.2 Å². The molecule has 0 spiro atoms. The molecule has 126 valence electrons. The van der Waals surface area contributed by atoms with Gasteiger partial charge in [0, 0.05) is 39.1 Å². The van der Waals surface area contributed by atoms with Crippen molar-refractivity contribution in [2.24, 2.45) is 7.05 Å². The lowest BCUT2D eigenvalue weighted by Gasteiger charge is -2.35. The van der Waals surface area contributed by atoms with Crippen LogP contribution >= 0.6 is 0 Å². The lowest BCUT2D eigenvalue weighted by atomic mass is 9.99. The van der Waals surface area contributed by atoms with Gasteiger partial charge in [0.1, 0.15) is 12.2 Å². The van der Waals surface area contributed by atoms with Gasteiger partial charge in [0.05, 0.1) is 0 Å². The van der Waals surface area contributed by atoms with Crippen LogP contribution in [0.25, 0.3) is 0 Å². The standard InChI is InChI=1S/C14H27N5O2S/c1-4-8-18(9-5-2)22(20,21)19-10-6-7-13(11-19)14-16-15-12-17(14)3/h12-13H,4-11H2,1-3H3/t13-/m1/s1. The first-order chi connectivity index (χ1) is 10.5. The van der Waals surface area contributed by atoms with Crippen molar-refractivity contribution in [3.05, 3.63) is 12.2 Å². The minimum absolute atomic E-state index is 0.126. The zero-order valence-corrected chi connectivity index (χ0v) is 14.6. The van der Waals surface area contributed by atoms with Crippen molar-refractivity contribution < 1.29 is 8.42 Å². The quantitative estimate of drug-likeness (QED) is 0.757. The van der Waals surface area contributed by atoms with Gasteiger partial charge < -0.3 is 4.57 Å². The molecule has 0 radical (unpaired) electrons. The summed E-state index contributed by atoms with van der Waals surface area (Å²) in [7, 11) is -1.47. The van der Waals surface area contributed by atoms with Crippen molar-refractivity contribution in [2.75, 3.05) is 26.2 Å². The molecule has 1 aromatic heterocycles. The van der Waals surface area contributed by atoms with Crippen LogP contribution in [0, 0.1) is 0 Å². The summed E-state index contributed by atoms with van der Waals surface area (Å²) in [5, 5.41) is 8.06. The molecule has 0 unspecified atom stereocenters. The van der Waals surface area contributed by atoms with E-state index in [9.17, 15) is 8.42 Å². The van der Waals surface area contributed by atoms with Crippen molar-refractivity contribution >= 4 is 10.2 Å². The molecule has 22 heavy (non-hydrogen) atoms. The molecule has 0 bridgehead atoms. The van der Waals surface area contributed by atoms with Gasteiger partial charge in [-0.3, -0.25) is 0 Å². The van der Waals surface area contributed by atoms with Crippen LogP contribution in [0.1, 0.15) is 51.3 Å². The Hall–Kier alpha value is -0.990. The molecule has 1 aromatic rings. The summed E-state index contributed by atoms with van der Waals surface area (Å²) in [6.45, 7) is 6.29. The second kappa shape index (κ2) is 7.52. The first kappa shape index (κ1) is 17.4. The summed E-state index contributed by atoms with van der Waals surface area (Å²) < 4.78 is 30.9. The van der Waals surface area contributed by atoms with Gasteiger partial charge in [0.25, 0.3) is 10.2 Å². The molecule has 2 heterocycles. The SMILES string of the molecule is CCCN(CCC)S(=O)(=O)N1CCC[C@@H](c2nncn2C)C1. The molecule has 0 amide bonds. The highest BCUT2D eigenvalue weighted by Crippen LogP contribution is 2.27. The number of piperidine rings is 1. The maximum atomic E-state index is 12.9. The number of aryl methyl sites for hydroxylation is 1. The first-order valence-electron chi connectivity index (χ1n) is 8.09. The molecule has 1 saturated heterocycles. The maximum absolute atomic E-state index is 12.9. The molecule has 2 rings (SSSR count). The van der Waals surface area contributed by atoms with Gasteiger partial charge in [0.2, 0.25) is 0 Å². The molecule has 0 aliphatic carbocycles. The highest BCUT2D eigenvalue weighted by molar-refractivity contribution is 7.86. The zero-order chi connectivity index (χ0) is 16.2. The van der Waals surface area contributed by atoms with E-state index in [1.165, 1.54) is 0 Å². The summed E-state index contributed by atoms with van der Waals surface area (Å²) in [6.07, 6.45) is 5.16. The highest BCUT2D eigenvalue weighted by Gasteiger charge is 2.34. The fraction of sp³-hybridized carbons (Fsp3) is 0.857. The predicted molar refractivity (Wildman–Crippen MR) is 85.6 cm³/mol. The van der Waals surface area contributed by atoms with E-state index in [1.54, 1.807) is 14.9 Å². The van der Waals surface area contributed by atoms with Gasteiger partial charge in [-0.05, 0) is 25.7 Å². The Morgan fingerprint density at radius 2 is 2.00 bits per heavy atom. The van der Waals surface area contributed by atoms with Crippen LogP contribution in [0.5, 0.6) is 0 Å². The second-order valence-electron chi connectivity index (χ2n) is 5.90. The molecular weight excluding hydrogens is 302 g/mol. The molecule has 1 aliphatic heterocycles. The zero-order valence-electron chi connectivity index (χ0n) is 13.8. The van der Waals surface area contributed by atoms with Crippen molar-refractivity contribution in [1.29, 1.82) is 0 Å². The lowest BCUT2D eigenvalue weighted by Crippen LogP contribution is -2.48. The third-order valence-corrected chi connectivity index (χ3v) is 6.10. The molecular formula is C14H27N5O2S. The number of rotatable bonds is 7. The van der Waals surface area contributed by atoms with Crippen LogP contribution in [-0.4, -0.2) is 58.0 Å². The van der Waals surface area contributed by atoms with E-state index >= 15 is 0 Å². The summed E-state index contributed by atoms with van der Waals surface area (Å²) in [6, 6.07) is 0. The molecule has 7 nitrogen and oxygen atoms in total. The van der Waals surface area contributed by atoms with Crippen molar-refractivity contribution in [3.8, 4) is 0 Å². The van der Waals surface area contributed by atoms with Crippen LogP contribution in [-0.2, 0) is 17.3 Å². The molecule has 0 saturated carbocycles. The first-order valence-corrected chi connectivity index (χ1v) is 9.49. The van der Waals surface area contributed by atoms with Gasteiger partial charge in [-0.2, -0.15) is 17.0 Å². The largest absolute Gasteiger partial charge is 0.320 e. The van der Waals surface area contributed by atoms with E-state index in [-0.39, 0.29) is 5.92 Å². The van der Waals surface area contributed by atoms with E-state index in [2.05, 4.69) is 10.2 Å². The third-order valence-electron chi connectivity index (χ3n) is 4.09. The monoisotopic (exact) mass is 329 g/mol. The molecule has 1 fully saturated rings. The Morgan fingerprint density at radius 3 is 2.55 bits per heavy atom. The average Bonchev–Trinajstić information content (AvgIpc) is 2.93.